The Balaban J connectivity index is 1.70. The Labute approximate surface area is 180 Å². The van der Waals surface area contributed by atoms with Crippen LogP contribution in [0.1, 0.15) is 63.8 Å². The lowest BCUT2D eigenvalue weighted by atomic mass is 9.59. The molecular formula is C28H32N2. The first-order valence-electron chi connectivity index (χ1n) is 11.0. The van der Waals surface area contributed by atoms with Crippen molar-refractivity contribution in [1.82, 2.24) is 0 Å². The van der Waals surface area contributed by atoms with E-state index in [0.29, 0.717) is 0 Å². The maximum Gasteiger partial charge on any atom is 0.161 e. The summed E-state index contributed by atoms with van der Waals surface area (Å²) in [5, 5.41) is 7.78. The second kappa shape index (κ2) is 5.91. The summed E-state index contributed by atoms with van der Waals surface area (Å²) in [6, 6.07) is 26.2. The number of fused-ring (bicyclic) bond motifs is 2. The van der Waals surface area contributed by atoms with Crippen LogP contribution in [0.25, 0.3) is 0 Å². The van der Waals surface area contributed by atoms with Crippen LogP contribution in [-0.4, -0.2) is 0 Å². The smallest absolute Gasteiger partial charge is 0.161 e. The molecule has 1 aliphatic heterocycles. The van der Waals surface area contributed by atoms with Gasteiger partial charge in [-0.25, -0.2) is 0 Å². The molecule has 0 amide bonds. The summed E-state index contributed by atoms with van der Waals surface area (Å²) < 4.78 is 0. The largest absolute Gasteiger partial charge is 0.354 e. The van der Waals surface area contributed by atoms with Gasteiger partial charge in [-0.15, -0.1) is 0 Å². The predicted molar refractivity (Wildman–Crippen MR) is 127 cm³/mol. The maximum atomic E-state index is 3.89. The van der Waals surface area contributed by atoms with Crippen molar-refractivity contribution < 1.29 is 0 Å². The van der Waals surface area contributed by atoms with Gasteiger partial charge >= 0.3 is 0 Å². The van der Waals surface area contributed by atoms with Crippen molar-refractivity contribution in [1.29, 1.82) is 0 Å². The summed E-state index contributed by atoms with van der Waals surface area (Å²) in [7, 11) is 0. The highest BCUT2D eigenvalue weighted by Crippen LogP contribution is 2.63. The van der Waals surface area contributed by atoms with Crippen molar-refractivity contribution in [2.75, 3.05) is 10.6 Å². The minimum absolute atomic E-state index is 0.0906. The molecule has 3 aromatic carbocycles. The Morgan fingerprint density at radius 2 is 0.900 bits per heavy atom. The molecule has 0 atom stereocenters. The summed E-state index contributed by atoms with van der Waals surface area (Å²) in [5.41, 5.74) is 7.59. The summed E-state index contributed by atoms with van der Waals surface area (Å²) in [6.07, 6.45) is 0. The first-order valence-corrected chi connectivity index (χ1v) is 11.0. The topological polar surface area (TPSA) is 24.1 Å². The lowest BCUT2D eigenvalue weighted by Gasteiger charge is -2.44. The molecule has 0 fully saturated rings. The van der Waals surface area contributed by atoms with E-state index < -0.39 is 5.66 Å². The molecule has 0 aromatic heterocycles. The Morgan fingerprint density at radius 3 is 1.27 bits per heavy atom. The minimum atomic E-state index is -0.469. The van der Waals surface area contributed by atoms with Crippen molar-refractivity contribution in [3.8, 4) is 0 Å². The van der Waals surface area contributed by atoms with E-state index in [1.54, 1.807) is 0 Å². The van der Waals surface area contributed by atoms with E-state index in [0.717, 1.165) is 0 Å². The van der Waals surface area contributed by atoms with Gasteiger partial charge in [0.05, 0.1) is 11.4 Å². The first kappa shape index (κ1) is 19.2. The highest BCUT2D eigenvalue weighted by Gasteiger charge is 2.57. The third-order valence-electron chi connectivity index (χ3n) is 8.69. The number of rotatable bonds is 2. The molecular weight excluding hydrogens is 364 g/mol. The van der Waals surface area contributed by atoms with Crippen molar-refractivity contribution in [2.45, 2.75) is 58.0 Å². The highest BCUT2D eigenvalue weighted by atomic mass is 15.3. The molecule has 3 aromatic rings. The van der Waals surface area contributed by atoms with Crippen LogP contribution in [-0.2, 0) is 16.5 Å². The monoisotopic (exact) mass is 396 g/mol. The van der Waals surface area contributed by atoms with E-state index in [9.17, 15) is 0 Å². The van der Waals surface area contributed by atoms with Crippen LogP contribution in [0, 0.1) is 5.41 Å². The van der Waals surface area contributed by atoms with Crippen molar-refractivity contribution in [3.05, 3.63) is 95.1 Å². The van der Waals surface area contributed by atoms with Gasteiger partial charge in [-0.3, -0.25) is 0 Å². The summed E-state index contributed by atoms with van der Waals surface area (Å²) in [5.74, 6) is 0. The fourth-order valence-electron chi connectivity index (χ4n) is 5.56. The van der Waals surface area contributed by atoms with Crippen LogP contribution in [0.2, 0.25) is 0 Å². The number of anilines is 2. The quantitative estimate of drug-likeness (QED) is 0.486. The number of hydrogen-bond donors (Lipinski definition) is 2. The van der Waals surface area contributed by atoms with Crippen LogP contribution >= 0.6 is 0 Å². The van der Waals surface area contributed by atoms with Gasteiger partial charge in [-0.05, 0) is 39.5 Å². The molecule has 1 aliphatic carbocycles. The Morgan fingerprint density at radius 1 is 0.533 bits per heavy atom. The molecule has 5 rings (SSSR count). The lowest BCUT2D eigenvalue weighted by molar-refractivity contribution is 0.125. The van der Waals surface area contributed by atoms with Crippen LogP contribution in [0.4, 0.5) is 11.4 Å². The minimum Gasteiger partial charge on any atom is -0.354 e. The summed E-state index contributed by atoms with van der Waals surface area (Å²) in [6.45, 7) is 14.4. The molecule has 0 saturated carbocycles. The van der Waals surface area contributed by atoms with Gasteiger partial charge in [0.15, 0.2) is 5.66 Å². The van der Waals surface area contributed by atoms with E-state index in [2.05, 4.69) is 125 Å². The van der Waals surface area contributed by atoms with E-state index in [4.69, 9.17) is 0 Å². The SMILES string of the molecule is CC1(C)c2cc3c(cc2C(C)(C)C1(C)C)NC(c1ccccc1)(c1ccccc1)N3. The third kappa shape index (κ3) is 2.25. The maximum absolute atomic E-state index is 3.89. The molecule has 1 heterocycles. The lowest BCUT2D eigenvalue weighted by Crippen LogP contribution is -2.42. The van der Waals surface area contributed by atoms with E-state index in [-0.39, 0.29) is 16.2 Å². The molecule has 2 N–H and O–H groups in total. The Hall–Kier alpha value is -2.74. The van der Waals surface area contributed by atoms with E-state index in [1.165, 1.54) is 33.6 Å². The second-order valence-corrected chi connectivity index (χ2v) is 10.6. The zero-order valence-electron chi connectivity index (χ0n) is 18.9. The fourth-order valence-corrected chi connectivity index (χ4v) is 5.56. The number of hydrogen-bond acceptors (Lipinski definition) is 2. The van der Waals surface area contributed by atoms with Gasteiger partial charge in [-0.1, -0.05) is 102 Å². The molecule has 2 aliphatic rings. The standard InChI is InChI=1S/C28H32N2/c1-25(2)21-17-23-24(18-22(21)26(3,4)27(25,5)6)30-28(29-23,19-13-9-7-10-14-19)20-15-11-8-12-16-20/h7-18,29-30H,1-6H3. The van der Waals surface area contributed by atoms with E-state index >= 15 is 0 Å². The molecule has 0 bridgehead atoms. The summed E-state index contributed by atoms with van der Waals surface area (Å²) in [4.78, 5) is 0. The van der Waals surface area contributed by atoms with Crippen LogP contribution in [0.5, 0.6) is 0 Å². The molecule has 0 radical (unpaired) electrons. The molecule has 0 saturated heterocycles. The molecule has 0 unspecified atom stereocenters. The number of benzene rings is 3. The normalized spacial score (nSPS) is 21.3. The predicted octanol–water partition coefficient (Wildman–Crippen LogP) is 7.02. The van der Waals surface area contributed by atoms with Crippen molar-refractivity contribution in [2.24, 2.45) is 5.41 Å². The Kier molecular flexibility index (Phi) is 3.79. The molecule has 154 valence electrons. The van der Waals surface area contributed by atoms with E-state index in [1.807, 2.05) is 0 Å². The fraction of sp³-hybridized carbons (Fsp3) is 0.357. The van der Waals surface area contributed by atoms with Crippen molar-refractivity contribution >= 4 is 11.4 Å². The second-order valence-electron chi connectivity index (χ2n) is 10.6. The highest BCUT2D eigenvalue weighted by molar-refractivity contribution is 5.82. The van der Waals surface area contributed by atoms with Crippen LogP contribution in [0.3, 0.4) is 0 Å². The molecule has 2 nitrogen and oxygen atoms in total. The van der Waals surface area contributed by atoms with Gasteiger partial charge in [0, 0.05) is 11.1 Å². The van der Waals surface area contributed by atoms with Gasteiger partial charge < -0.3 is 10.6 Å². The molecule has 30 heavy (non-hydrogen) atoms. The van der Waals surface area contributed by atoms with Gasteiger partial charge in [0.2, 0.25) is 0 Å². The first-order chi connectivity index (χ1) is 14.1. The summed E-state index contributed by atoms with van der Waals surface area (Å²) >= 11 is 0. The number of nitrogens with one attached hydrogen (secondary N) is 2. The Bertz CT molecular complexity index is 1020. The molecule has 0 spiro atoms. The van der Waals surface area contributed by atoms with Gasteiger partial charge in [0.25, 0.3) is 0 Å². The zero-order chi connectivity index (χ0) is 21.4. The average Bonchev–Trinajstić information content (AvgIpc) is 3.17. The third-order valence-corrected chi connectivity index (χ3v) is 8.69. The van der Waals surface area contributed by atoms with Gasteiger partial charge in [-0.2, -0.15) is 0 Å². The van der Waals surface area contributed by atoms with Crippen molar-refractivity contribution in [3.63, 3.8) is 0 Å². The van der Waals surface area contributed by atoms with Crippen LogP contribution < -0.4 is 10.6 Å². The average molecular weight is 397 g/mol. The van der Waals surface area contributed by atoms with Gasteiger partial charge in [0.1, 0.15) is 0 Å². The molecule has 2 heteroatoms. The van der Waals surface area contributed by atoms with Crippen LogP contribution in [0.15, 0.2) is 72.8 Å². The zero-order valence-corrected chi connectivity index (χ0v) is 18.9.